The topological polar surface area (TPSA) is 65.3 Å². The van der Waals surface area contributed by atoms with Gasteiger partial charge in [-0.3, -0.25) is 10.1 Å². The number of nitrogens with zero attached hydrogens (tertiary/aromatic N) is 2. The maximum atomic E-state index is 15.1. The zero-order chi connectivity index (χ0) is 22.2. The molecule has 0 aliphatic heterocycles. The van der Waals surface area contributed by atoms with Crippen molar-refractivity contribution in [2.75, 3.05) is 5.32 Å². The lowest BCUT2D eigenvalue weighted by molar-refractivity contribution is 0.0636. The number of nitrogens with one attached hydrogen (secondary N) is 1. The number of carbonyl (C=O) groups excluding carboxylic acids is 1. The highest BCUT2D eigenvalue weighted by Gasteiger charge is 2.22. The van der Waals surface area contributed by atoms with Crippen molar-refractivity contribution in [2.45, 2.75) is 26.4 Å². The van der Waals surface area contributed by atoms with Gasteiger partial charge in [-0.05, 0) is 57.2 Å². The zero-order valence-corrected chi connectivity index (χ0v) is 17.4. The normalized spacial score (nSPS) is 11.5. The first-order valence-corrected chi connectivity index (χ1v) is 9.83. The number of hydrogen-bond donors (Lipinski definition) is 1. The molecule has 0 aliphatic carbocycles. The van der Waals surface area contributed by atoms with Gasteiger partial charge < -0.3 is 4.74 Å². The van der Waals surface area contributed by atoms with E-state index in [0.29, 0.717) is 16.9 Å². The summed E-state index contributed by atoms with van der Waals surface area (Å²) in [4.78, 5) is 25.4. The number of ether oxygens (including phenoxy) is 1. The first-order chi connectivity index (χ1) is 14.7. The Hall–Kier alpha value is -3.87. The van der Waals surface area contributed by atoms with Crippen molar-refractivity contribution in [3.63, 3.8) is 0 Å². The van der Waals surface area contributed by atoms with Gasteiger partial charge in [0, 0.05) is 5.69 Å². The van der Waals surface area contributed by atoms with Crippen molar-refractivity contribution in [1.29, 1.82) is 0 Å². The molecule has 4 rings (SSSR count). The second-order valence-electron chi connectivity index (χ2n) is 8.08. The molecule has 31 heavy (non-hydrogen) atoms. The molecule has 0 fully saturated rings. The largest absolute Gasteiger partial charge is 0.444 e. The third kappa shape index (κ3) is 4.07. The molecule has 1 aromatic heterocycles. The van der Waals surface area contributed by atoms with Gasteiger partial charge in [0.1, 0.15) is 16.8 Å². The number of halogens is 1. The molecule has 0 saturated carbocycles. The van der Waals surface area contributed by atoms with Crippen LogP contribution in [0.3, 0.4) is 0 Å². The van der Waals surface area contributed by atoms with Gasteiger partial charge in [-0.2, -0.15) is 0 Å². The van der Waals surface area contributed by atoms with E-state index in [1.807, 2.05) is 36.4 Å². The molecular weight excluding hydrogens is 397 g/mol. The minimum Gasteiger partial charge on any atom is -0.444 e. The molecule has 0 spiro atoms. The molecule has 0 saturated heterocycles. The van der Waals surface area contributed by atoms with Crippen LogP contribution in [0.25, 0.3) is 22.3 Å². The standard InChI is InChI=1S/C24H22FN3O3/c1-24(2,3)31-23(30)26-16-14-19(25)21-20(15-16)27(17-10-6-4-7-11-17)28(22(21)29)18-12-8-5-9-13-18/h4-15H,1-3H3,(H,26,30). The lowest BCUT2D eigenvalue weighted by atomic mass is 10.2. The van der Waals surface area contributed by atoms with Gasteiger partial charge in [0.15, 0.2) is 0 Å². The number of rotatable bonds is 3. The average Bonchev–Trinajstić information content (AvgIpc) is 3.00. The number of anilines is 1. The van der Waals surface area contributed by atoms with E-state index >= 15 is 4.39 Å². The molecule has 0 atom stereocenters. The van der Waals surface area contributed by atoms with Crippen LogP contribution in [-0.4, -0.2) is 21.1 Å². The first-order valence-electron chi connectivity index (χ1n) is 9.83. The van der Waals surface area contributed by atoms with Gasteiger partial charge in [-0.1, -0.05) is 36.4 Å². The number of aromatic nitrogens is 2. The average molecular weight is 419 g/mol. The molecule has 0 aliphatic rings. The Balaban J connectivity index is 1.95. The van der Waals surface area contributed by atoms with E-state index in [0.717, 1.165) is 6.07 Å². The van der Waals surface area contributed by atoms with Crippen LogP contribution in [0.2, 0.25) is 0 Å². The van der Waals surface area contributed by atoms with E-state index in [9.17, 15) is 9.59 Å². The van der Waals surface area contributed by atoms with Gasteiger partial charge in [0.2, 0.25) is 0 Å². The third-order valence-corrected chi connectivity index (χ3v) is 4.55. The molecule has 1 heterocycles. The summed E-state index contributed by atoms with van der Waals surface area (Å²) < 4.78 is 23.4. The number of amides is 1. The first kappa shape index (κ1) is 20.4. The molecule has 7 heteroatoms. The van der Waals surface area contributed by atoms with Crippen molar-refractivity contribution >= 4 is 22.7 Å². The molecular formula is C24H22FN3O3. The highest BCUT2D eigenvalue weighted by Crippen LogP contribution is 2.26. The summed E-state index contributed by atoms with van der Waals surface area (Å²) in [7, 11) is 0. The van der Waals surface area contributed by atoms with E-state index < -0.39 is 23.1 Å². The Morgan fingerprint density at radius 3 is 2.00 bits per heavy atom. The van der Waals surface area contributed by atoms with Crippen molar-refractivity contribution < 1.29 is 13.9 Å². The lowest BCUT2D eigenvalue weighted by Crippen LogP contribution is -2.27. The summed E-state index contributed by atoms with van der Waals surface area (Å²) in [6.45, 7) is 5.22. The highest BCUT2D eigenvalue weighted by molar-refractivity contribution is 5.91. The molecule has 0 radical (unpaired) electrons. The minimum atomic E-state index is -0.729. The fraction of sp³-hybridized carbons (Fsp3) is 0.167. The van der Waals surface area contributed by atoms with E-state index in [1.165, 1.54) is 4.68 Å². The highest BCUT2D eigenvalue weighted by atomic mass is 19.1. The lowest BCUT2D eigenvalue weighted by Gasteiger charge is -2.19. The van der Waals surface area contributed by atoms with Gasteiger partial charge in [0.25, 0.3) is 5.56 Å². The molecule has 1 amide bonds. The molecule has 158 valence electrons. The van der Waals surface area contributed by atoms with Gasteiger partial charge in [-0.25, -0.2) is 18.5 Å². The second-order valence-corrected chi connectivity index (χ2v) is 8.08. The summed E-state index contributed by atoms with van der Waals surface area (Å²) >= 11 is 0. The van der Waals surface area contributed by atoms with E-state index in [1.54, 1.807) is 55.8 Å². The fourth-order valence-electron chi connectivity index (χ4n) is 3.39. The van der Waals surface area contributed by atoms with Crippen LogP contribution in [0.15, 0.2) is 77.6 Å². The van der Waals surface area contributed by atoms with Gasteiger partial charge >= 0.3 is 6.09 Å². The van der Waals surface area contributed by atoms with Crippen LogP contribution in [0.4, 0.5) is 14.9 Å². The smallest absolute Gasteiger partial charge is 0.412 e. The molecule has 0 bridgehead atoms. The zero-order valence-electron chi connectivity index (χ0n) is 17.4. The van der Waals surface area contributed by atoms with Crippen molar-refractivity contribution in [2.24, 2.45) is 0 Å². The van der Waals surface area contributed by atoms with E-state index in [2.05, 4.69) is 5.32 Å². The van der Waals surface area contributed by atoms with Crippen LogP contribution in [-0.2, 0) is 4.74 Å². The summed E-state index contributed by atoms with van der Waals surface area (Å²) in [6.07, 6.45) is -0.706. The summed E-state index contributed by atoms with van der Waals surface area (Å²) in [5.41, 5.74) is 0.586. The Kier molecular flexibility index (Phi) is 5.10. The Labute approximate surface area is 178 Å². The van der Waals surface area contributed by atoms with Crippen LogP contribution < -0.4 is 10.9 Å². The Bertz CT molecular complexity index is 1300. The Morgan fingerprint density at radius 1 is 0.903 bits per heavy atom. The predicted molar refractivity (Wildman–Crippen MR) is 119 cm³/mol. The second kappa shape index (κ2) is 7.75. The quantitative estimate of drug-likeness (QED) is 0.492. The maximum Gasteiger partial charge on any atom is 0.412 e. The Morgan fingerprint density at radius 2 is 1.45 bits per heavy atom. The third-order valence-electron chi connectivity index (χ3n) is 4.55. The predicted octanol–water partition coefficient (Wildman–Crippen LogP) is 5.27. The van der Waals surface area contributed by atoms with Crippen molar-refractivity contribution in [1.82, 2.24) is 9.36 Å². The fourth-order valence-corrected chi connectivity index (χ4v) is 3.39. The number of benzene rings is 3. The molecule has 6 nitrogen and oxygen atoms in total. The summed E-state index contributed by atoms with van der Waals surface area (Å²) in [5, 5.41) is 2.49. The van der Waals surface area contributed by atoms with Crippen LogP contribution in [0.5, 0.6) is 0 Å². The van der Waals surface area contributed by atoms with Crippen LogP contribution in [0.1, 0.15) is 20.8 Å². The molecule has 4 aromatic rings. The van der Waals surface area contributed by atoms with Gasteiger partial charge in [-0.15, -0.1) is 0 Å². The molecule has 0 unspecified atom stereocenters. The SMILES string of the molecule is CC(C)(C)OC(=O)Nc1cc(F)c2c(=O)n(-c3ccccc3)n(-c3ccccc3)c2c1. The number of carbonyl (C=O) groups is 1. The van der Waals surface area contributed by atoms with E-state index in [4.69, 9.17) is 4.74 Å². The number of fused-ring (bicyclic) bond motifs is 1. The summed E-state index contributed by atoms with van der Waals surface area (Å²) in [6, 6.07) is 20.9. The molecule has 3 aromatic carbocycles. The van der Waals surface area contributed by atoms with Crippen molar-refractivity contribution in [3.8, 4) is 11.4 Å². The number of para-hydroxylation sites is 2. The van der Waals surface area contributed by atoms with Crippen LogP contribution >= 0.6 is 0 Å². The maximum absolute atomic E-state index is 15.1. The summed E-state index contributed by atoms with van der Waals surface area (Å²) in [5.74, 6) is -0.729. The van der Waals surface area contributed by atoms with Gasteiger partial charge in [0.05, 0.1) is 16.9 Å². The monoisotopic (exact) mass is 419 g/mol. The number of hydrogen-bond acceptors (Lipinski definition) is 3. The molecule has 1 N–H and O–H groups in total. The van der Waals surface area contributed by atoms with Crippen LogP contribution in [0, 0.1) is 5.82 Å². The van der Waals surface area contributed by atoms with Crippen molar-refractivity contribution in [3.05, 3.63) is 89.0 Å². The van der Waals surface area contributed by atoms with E-state index in [-0.39, 0.29) is 11.1 Å². The minimum absolute atomic E-state index is 0.0672.